The van der Waals surface area contributed by atoms with Crippen LogP contribution in [0.25, 0.3) is 0 Å². The highest BCUT2D eigenvalue weighted by molar-refractivity contribution is 5.94. The van der Waals surface area contributed by atoms with Gasteiger partial charge in [-0.15, -0.1) is 0 Å². The second-order valence-corrected chi connectivity index (χ2v) is 5.44. The zero-order chi connectivity index (χ0) is 15.9. The van der Waals surface area contributed by atoms with Crippen molar-refractivity contribution in [1.29, 1.82) is 0 Å². The average molecular weight is 307 g/mol. The van der Waals surface area contributed by atoms with Crippen molar-refractivity contribution in [2.24, 2.45) is 0 Å². The Balaban J connectivity index is 1.82. The van der Waals surface area contributed by atoms with Gasteiger partial charge in [0.1, 0.15) is 12.4 Å². The quantitative estimate of drug-likeness (QED) is 0.803. The van der Waals surface area contributed by atoms with E-state index in [1.165, 1.54) is 0 Å². The van der Waals surface area contributed by atoms with Gasteiger partial charge in [-0.3, -0.25) is 9.59 Å². The van der Waals surface area contributed by atoms with Crippen LogP contribution in [-0.2, 0) is 9.53 Å². The van der Waals surface area contributed by atoms with Crippen molar-refractivity contribution in [2.45, 2.75) is 38.3 Å². The van der Waals surface area contributed by atoms with Crippen LogP contribution in [0.3, 0.4) is 0 Å². The van der Waals surface area contributed by atoms with Crippen LogP contribution in [-0.4, -0.2) is 42.3 Å². The van der Waals surface area contributed by atoms with Crippen molar-refractivity contribution < 1.29 is 24.2 Å². The Bertz CT molecular complexity index is 508. The van der Waals surface area contributed by atoms with E-state index in [0.717, 1.165) is 19.4 Å². The van der Waals surface area contributed by atoms with E-state index in [9.17, 15) is 9.59 Å². The van der Waals surface area contributed by atoms with Gasteiger partial charge in [0.05, 0.1) is 12.5 Å². The number of carbonyl (C=O) groups excluding carboxylic acids is 1. The smallest absolute Gasteiger partial charge is 0.305 e. The van der Waals surface area contributed by atoms with Gasteiger partial charge in [0.2, 0.25) is 0 Å². The van der Waals surface area contributed by atoms with Gasteiger partial charge in [0, 0.05) is 18.2 Å². The van der Waals surface area contributed by atoms with Gasteiger partial charge in [0.15, 0.2) is 0 Å². The Hall–Kier alpha value is -2.08. The molecule has 2 unspecified atom stereocenters. The lowest BCUT2D eigenvalue weighted by molar-refractivity contribution is -0.137. The maximum Gasteiger partial charge on any atom is 0.305 e. The van der Waals surface area contributed by atoms with Crippen LogP contribution in [0.15, 0.2) is 24.3 Å². The maximum absolute atomic E-state index is 12.0. The number of carbonyl (C=O) groups is 2. The second kappa shape index (κ2) is 7.79. The predicted molar refractivity (Wildman–Crippen MR) is 80.1 cm³/mol. The molecule has 2 atom stereocenters. The first-order chi connectivity index (χ1) is 10.5. The molecule has 120 valence electrons. The Kier molecular flexibility index (Phi) is 5.77. The van der Waals surface area contributed by atoms with E-state index in [1.807, 2.05) is 0 Å². The van der Waals surface area contributed by atoms with E-state index in [0.29, 0.717) is 17.9 Å². The van der Waals surface area contributed by atoms with Crippen LogP contribution in [0.2, 0.25) is 0 Å². The number of hydrogen-bond donors (Lipinski definition) is 2. The molecule has 0 aromatic heterocycles. The highest BCUT2D eigenvalue weighted by Gasteiger charge is 2.16. The number of nitrogens with one attached hydrogen (secondary N) is 1. The van der Waals surface area contributed by atoms with Crippen molar-refractivity contribution in [3.63, 3.8) is 0 Å². The van der Waals surface area contributed by atoms with Gasteiger partial charge in [0.25, 0.3) is 5.91 Å². The third kappa shape index (κ3) is 5.04. The van der Waals surface area contributed by atoms with Gasteiger partial charge in [-0.25, -0.2) is 0 Å². The Labute approximate surface area is 129 Å². The largest absolute Gasteiger partial charge is 0.491 e. The Morgan fingerprint density at radius 1 is 1.41 bits per heavy atom. The molecule has 22 heavy (non-hydrogen) atoms. The lowest BCUT2D eigenvalue weighted by Crippen LogP contribution is -2.34. The van der Waals surface area contributed by atoms with E-state index in [-0.39, 0.29) is 18.4 Å². The molecule has 1 saturated heterocycles. The highest BCUT2D eigenvalue weighted by Crippen LogP contribution is 2.16. The third-order valence-electron chi connectivity index (χ3n) is 3.43. The minimum Gasteiger partial charge on any atom is -0.491 e. The summed E-state index contributed by atoms with van der Waals surface area (Å²) >= 11 is 0. The minimum absolute atomic E-state index is 0.103. The van der Waals surface area contributed by atoms with E-state index >= 15 is 0 Å². The van der Waals surface area contributed by atoms with E-state index in [1.54, 1.807) is 31.2 Å². The first kappa shape index (κ1) is 16.3. The van der Waals surface area contributed by atoms with Gasteiger partial charge in [-0.05, 0) is 44.0 Å². The molecule has 1 aromatic rings. The SMILES string of the molecule is CC(CC(=O)O)NC(=O)c1ccc(OCC2CCCO2)cc1. The fraction of sp³-hybridized carbons (Fsp3) is 0.500. The molecule has 1 aliphatic rings. The summed E-state index contributed by atoms with van der Waals surface area (Å²) in [7, 11) is 0. The Morgan fingerprint density at radius 3 is 2.73 bits per heavy atom. The predicted octanol–water partition coefficient (Wildman–Crippen LogP) is 1.84. The molecule has 0 saturated carbocycles. The monoisotopic (exact) mass is 307 g/mol. The number of rotatable bonds is 7. The molecule has 6 heteroatoms. The van der Waals surface area contributed by atoms with Crippen molar-refractivity contribution in [2.75, 3.05) is 13.2 Å². The van der Waals surface area contributed by atoms with Gasteiger partial charge in [-0.1, -0.05) is 0 Å². The lowest BCUT2D eigenvalue weighted by Gasteiger charge is -2.13. The summed E-state index contributed by atoms with van der Waals surface area (Å²) in [5, 5.41) is 11.3. The number of aliphatic carboxylic acids is 1. The van der Waals surface area contributed by atoms with Crippen LogP contribution in [0.4, 0.5) is 0 Å². The number of amides is 1. The number of hydrogen-bond acceptors (Lipinski definition) is 4. The molecular formula is C16H21NO5. The normalized spacial score (nSPS) is 18.7. The molecule has 0 aliphatic carbocycles. The van der Waals surface area contributed by atoms with Crippen molar-refractivity contribution in [3.8, 4) is 5.75 Å². The first-order valence-corrected chi connectivity index (χ1v) is 7.41. The molecule has 1 aromatic carbocycles. The van der Waals surface area contributed by atoms with Crippen LogP contribution in [0, 0.1) is 0 Å². The van der Waals surface area contributed by atoms with Crippen molar-refractivity contribution in [3.05, 3.63) is 29.8 Å². The average Bonchev–Trinajstić information content (AvgIpc) is 2.98. The standard InChI is InChI=1S/C16H21NO5/c1-11(9-15(18)19)17-16(20)12-4-6-13(7-5-12)22-10-14-3-2-8-21-14/h4-7,11,14H,2-3,8-10H2,1H3,(H,17,20)(H,18,19). The zero-order valence-corrected chi connectivity index (χ0v) is 12.6. The molecule has 0 radical (unpaired) electrons. The summed E-state index contributed by atoms with van der Waals surface area (Å²) in [5.41, 5.74) is 0.474. The lowest BCUT2D eigenvalue weighted by atomic mass is 10.1. The number of ether oxygens (including phenoxy) is 2. The summed E-state index contributed by atoms with van der Waals surface area (Å²) in [6, 6.07) is 6.36. The summed E-state index contributed by atoms with van der Waals surface area (Å²) in [5.74, 6) is -0.546. The molecule has 2 rings (SSSR count). The number of benzene rings is 1. The second-order valence-electron chi connectivity index (χ2n) is 5.44. The van der Waals surface area contributed by atoms with E-state index in [2.05, 4.69) is 5.32 Å². The molecule has 1 heterocycles. The van der Waals surface area contributed by atoms with Crippen LogP contribution in [0.1, 0.15) is 36.5 Å². The number of carboxylic acid groups (broad SMARTS) is 1. The molecular weight excluding hydrogens is 286 g/mol. The number of carboxylic acids is 1. The Morgan fingerprint density at radius 2 is 2.14 bits per heavy atom. The third-order valence-corrected chi connectivity index (χ3v) is 3.43. The summed E-state index contributed by atoms with van der Waals surface area (Å²) in [6.45, 7) is 2.97. The summed E-state index contributed by atoms with van der Waals surface area (Å²) in [4.78, 5) is 22.5. The zero-order valence-electron chi connectivity index (χ0n) is 12.6. The molecule has 1 amide bonds. The van der Waals surface area contributed by atoms with Crippen molar-refractivity contribution >= 4 is 11.9 Å². The van der Waals surface area contributed by atoms with Crippen LogP contribution >= 0.6 is 0 Å². The van der Waals surface area contributed by atoms with Gasteiger partial charge in [-0.2, -0.15) is 0 Å². The summed E-state index contributed by atoms with van der Waals surface area (Å²) < 4.78 is 11.1. The molecule has 2 N–H and O–H groups in total. The topological polar surface area (TPSA) is 84.9 Å². The fourth-order valence-electron chi connectivity index (χ4n) is 2.29. The molecule has 0 bridgehead atoms. The maximum atomic E-state index is 12.0. The highest BCUT2D eigenvalue weighted by atomic mass is 16.5. The molecule has 6 nitrogen and oxygen atoms in total. The van der Waals surface area contributed by atoms with Crippen molar-refractivity contribution in [1.82, 2.24) is 5.32 Å². The molecule has 0 spiro atoms. The molecule has 1 aliphatic heterocycles. The molecule has 1 fully saturated rings. The summed E-state index contributed by atoms with van der Waals surface area (Å²) in [6.07, 6.45) is 2.14. The minimum atomic E-state index is -0.939. The fourth-order valence-corrected chi connectivity index (χ4v) is 2.29. The van der Waals surface area contributed by atoms with Crippen LogP contribution in [0.5, 0.6) is 5.75 Å². The van der Waals surface area contributed by atoms with E-state index < -0.39 is 12.0 Å². The first-order valence-electron chi connectivity index (χ1n) is 7.41. The van der Waals surface area contributed by atoms with E-state index in [4.69, 9.17) is 14.6 Å². The van der Waals surface area contributed by atoms with Crippen LogP contribution < -0.4 is 10.1 Å². The van der Waals surface area contributed by atoms with Gasteiger partial charge < -0.3 is 19.9 Å². The van der Waals surface area contributed by atoms with Gasteiger partial charge >= 0.3 is 5.97 Å².